The van der Waals surface area contributed by atoms with Crippen molar-refractivity contribution >= 4 is 21.8 Å². The zero-order valence-corrected chi connectivity index (χ0v) is 21.8. The van der Waals surface area contributed by atoms with Gasteiger partial charge in [0, 0.05) is 23.5 Å². The summed E-state index contributed by atoms with van der Waals surface area (Å²) in [5.41, 5.74) is 4.61. The molecule has 7 heteroatoms. The maximum Gasteiger partial charge on any atom is 2.00 e. The van der Waals surface area contributed by atoms with Gasteiger partial charge in [-0.1, -0.05) is 23.6 Å². The van der Waals surface area contributed by atoms with Crippen LogP contribution in [0.5, 0.6) is 17.4 Å². The molecule has 0 bridgehead atoms. The fourth-order valence-corrected chi connectivity index (χ4v) is 4.14. The molecule has 36 heavy (non-hydrogen) atoms. The third kappa shape index (κ3) is 4.36. The Labute approximate surface area is 222 Å². The summed E-state index contributed by atoms with van der Waals surface area (Å²) in [5.74, 6) is 2.43. The van der Waals surface area contributed by atoms with E-state index in [-0.39, 0.29) is 21.1 Å². The number of fused-ring (bicyclic) bond motifs is 3. The Balaban J connectivity index is 0.00000267. The van der Waals surface area contributed by atoms with Gasteiger partial charge in [-0.2, -0.15) is 24.3 Å². The number of hydrogen-bond donors (Lipinski definition) is 0. The molecule has 0 aliphatic carbocycles. The Kier molecular flexibility index (Phi) is 6.53. The van der Waals surface area contributed by atoms with E-state index >= 15 is 0 Å². The van der Waals surface area contributed by atoms with Crippen molar-refractivity contribution in [2.45, 2.75) is 6.92 Å². The average molecular weight is 652 g/mol. The van der Waals surface area contributed by atoms with Crippen molar-refractivity contribution < 1.29 is 30.5 Å². The van der Waals surface area contributed by atoms with Crippen molar-refractivity contribution in [1.29, 1.82) is 0 Å². The molecule has 3 aromatic carbocycles. The van der Waals surface area contributed by atoms with Crippen molar-refractivity contribution in [3.8, 4) is 34.3 Å². The van der Waals surface area contributed by atoms with E-state index in [0.717, 1.165) is 44.4 Å². The molecule has 0 atom stereocenters. The van der Waals surface area contributed by atoms with Crippen molar-refractivity contribution in [1.82, 2.24) is 19.5 Å². The molecular formula is C29H20N4O2Pt. The van der Waals surface area contributed by atoms with Crippen LogP contribution < -0.4 is 9.47 Å². The summed E-state index contributed by atoms with van der Waals surface area (Å²) in [4.78, 5) is 13.3. The van der Waals surface area contributed by atoms with Crippen LogP contribution >= 0.6 is 0 Å². The largest absolute Gasteiger partial charge is 2.00 e. The number of para-hydroxylation sites is 1. The van der Waals surface area contributed by atoms with Gasteiger partial charge in [-0.25, -0.2) is 21.1 Å². The molecule has 0 spiro atoms. The van der Waals surface area contributed by atoms with E-state index in [9.17, 15) is 0 Å². The molecule has 0 unspecified atom stereocenters. The number of rotatable bonds is 5. The third-order valence-electron chi connectivity index (χ3n) is 5.80. The third-order valence-corrected chi connectivity index (χ3v) is 5.80. The summed E-state index contributed by atoms with van der Waals surface area (Å²) in [6.45, 7) is 1.93. The van der Waals surface area contributed by atoms with Gasteiger partial charge < -0.3 is 14.0 Å². The van der Waals surface area contributed by atoms with Gasteiger partial charge in [-0.15, -0.1) is 18.2 Å². The summed E-state index contributed by atoms with van der Waals surface area (Å²) in [5, 5.41) is 2.23. The molecule has 0 saturated heterocycles. The number of nitrogens with zero attached hydrogens (tertiary/aromatic N) is 4. The molecule has 0 amide bonds. The van der Waals surface area contributed by atoms with Crippen LogP contribution in [0, 0.1) is 19.1 Å². The number of benzene rings is 3. The molecule has 0 N–H and O–H groups in total. The molecular weight excluding hydrogens is 631 g/mol. The smallest absolute Gasteiger partial charge is 0.497 e. The summed E-state index contributed by atoms with van der Waals surface area (Å²) < 4.78 is 13.3. The zero-order chi connectivity index (χ0) is 23.8. The molecule has 6 nitrogen and oxygen atoms in total. The monoisotopic (exact) mass is 651 g/mol. The first-order chi connectivity index (χ1) is 17.2. The maximum atomic E-state index is 5.94. The van der Waals surface area contributed by atoms with Crippen LogP contribution in [0.3, 0.4) is 0 Å². The minimum Gasteiger partial charge on any atom is -0.497 e. The van der Waals surface area contributed by atoms with Gasteiger partial charge in [0.2, 0.25) is 5.88 Å². The van der Waals surface area contributed by atoms with E-state index in [1.165, 1.54) is 0 Å². The van der Waals surface area contributed by atoms with Gasteiger partial charge >= 0.3 is 21.1 Å². The fourth-order valence-electron chi connectivity index (χ4n) is 4.14. The molecule has 0 aliphatic rings. The Morgan fingerprint density at radius 3 is 2.50 bits per heavy atom. The van der Waals surface area contributed by atoms with Gasteiger partial charge in [0.05, 0.1) is 25.2 Å². The maximum absolute atomic E-state index is 5.94. The molecule has 0 radical (unpaired) electrons. The van der Waals surface area contributed by atoms with Crippen LogP contribution in [0.2, 0.25) is 0 Å². The number of methoxy groups -OCH3 is 1. The molecule has 3 heterocycles. The SMILES string of the molecule is COc1ccnc(Oc2[c-]c(-c3[c-]c4c(cc3)c3ccccc3n4-c3cnc(C)cn3)ccc2)c1.[Pt+2]. The van der Waals surface area contributed by atoms with Crippen LogP contribution in [0.25, 0.3) is 38.8 Å². The van der Waals surface area contributed by atoms with Crippen molar-refractivity contribution in [3.63, 3.8) is 0 Å². The summed E-state index contributed by atoms with van der Waals surface area (Å²) in [6.07, 6.45) is 5.22. The topological polar surface area (TPSA) is 62.1 Å². The van der Waals surface area contributed by atoms with E-state index in [4.69, 9.17) is 9.47 Å². The molecule has 0 fully saturated rings. The standard InChI is InChI=1S/C29H20N4O2.Pt/c1-19-17-32-28(18-31-19)33-26-9-4-3-8-24(26)25-11-10-21(15-27(25)33)20-6-5-7-23(14-20)35-29-16-22(34-2)12-13-30-29;/h3-13,16-18H,1-2H3;/q-2;+2. The summed E-state index contributed by atoms with van der Waals surface area (Å²) in [6, 6.07) is 28.7. The van der Waals surface area contributed by atoms with E-state index in [0.29, 0.717) is 17.4 Å². The van der Waals surface area contributed by atoms with Crippen LogP contribution in [0.15, 0.2) is 85.3 Å². The van der Waals surface area contributed by atoms with E-state index in [1.54, 1.807) is 37.8 Å². The van der Waals surface area contributed by atoms with Gasteiger partial charge in [-0.05, 0) is 30.0 Å². The first-order valence-electron chi connectivity index (χ1n) is 11.1. The van der Waals surface area contributed by atoms with E-state index in [1.807, 2.05) is 37.3 Å². The molecule has 178 valence electrons. The molecule has 6 rings (SSSR count). The van der Waals surface area contributed by atoms with Crippen molar-refractivity contribution in [2.75, 3.05) is 7.11 Å². The normalized spacial score (nSPS) is 10.8. The minimum atomic E-state index is 0. The first kappa shape index (κ1) is 23.7. The number of ether oxygens (including phenoxy) is 2. The summed E-state index contributed by atoms with van der Waals surface area (Å²) in [7, 11) is 1.61. The second kappa shape index (κ2) is 9.92. The first-order valence-corrected chi connectivity index (χ1v) is 11.1. The Morgan fingerprint density at radius 1 is 0.806 bits per heavy atom. The molecule has 6 aromatic rings. The van der Waals surface area contributed by atoms with Crippen LogP contribution in [0.1, 0.15) is 5.69 Å². The Bertz CT molecular complexity index is 1680. The van der Waals surface area contributed by atoms with Gasteiger partial charge in [0.15, 0.2) is 5.82 Å². The zero-order valence-electron chi connectivity index (χ0n) is 19.5. The van der Waals surface area contributed by atoms with Crippen LogP contribution in [-0.4, -0.2) is 26.6 Å². The molecule has 0 saturated carbocycles. The fraction of sp³-hybridized carbons (Fsp3) is 0.0690. The molecule has 0 aliphatic heterocycles. The second-order valence-corrected chi connectivity index (χ2v) is 8.07. The number of pyridine rings is 1. The average Bonchev–Trinajstić information content (AvgIpc) is 3.23. The molecule has 3 aromatic heterocycles. The van der Waals surface area contributed by atoms with Crippen LogP contribution in [0.4, 0.5) is 0 Å². The predicted molar refractivity (Wildman–Crippen MR) is 135 cm³/mol. The van der Waals surface area contributed by atoms with E-state index in [2.05, 4.69) is 55.9 Å². The Hall–Kier alpha value is -4.02. The van der Waals surface area contributed by atoms with Gasteiger partial charge in [-0.3, -0.25) is 4.98 Å². The van der Waals surface area contributed by atoms with Crippen LogP contribution in [-0.2, 0) is 21.1 Å². The number of aryl methyl sites for hydroxylation is 1. The number of hydrogen-bond acceptors (Lipinski definition) is 5. The van der Waals surface area contributed by atoms with Crippen molar-refractivity contribution in [3.05, 3.63) is 103 Å². The van der Waals surface area contributed by atoms with Gasteiger partial charge in [0.25, 0.3) is 0 Å². The number of aromatic nitrogens is 4. The second-order valence-electron chi connectivity index (χ2n) is 8.07. The quantitative estimate of drug-likeness (QED) is 0.204. The van der Waals surface area contributed by atoms with E-state index < -0.39 is 0 Å². The van der Waals surface area contributed by atoms with Gasteiger partial charge in [0.1, 0.15) is 5.75 Å². The minimum absolute atomic E-state index is 0. The van der Waals surface area contributed by atoms with Crippen molar-refractivity contribution in [2.24, 2.45) is 0 Å². The predicted octanol–water partition coefficient (Wildman–Crippen LogP) is 6.34. The Morgan fingerprint density at radius 2 is 1.67 bits per heavy atom. The summed E-state index contributed by atoms with van der Waals surface area (Å²) >= 11 is 0.